The smallest absolute Gasteiger partial charge is 0.138 e. The van der Waals surface area contributed by atoms with E-state index in [9.17, 15) is 0 Å². The number of nitrogens with zero attached hydrogens (tertiary/aromatic N) is 3. The standard InChI is InChI=1S/C43H29N3S/c1-43(2)34-16-7-9-19-37(34)46(38-20-10-8-17-35(38)43)41-21-11-18-36(45-41)26-22-40-42(44-25-26)33-23-31-29-14-5-3-12-27(29)28-13-4-6-15-30(28)32(31)24-39(33)47-40/h3-25H,1-2H3. The van der Waals surface area contributed by atoms with Gasteiger partial charge in [0.1, 0.15) is 5.82 Å². The Bertz CT molecular complexity index is 2690. The maximum atomic E-state index is 5.28. The molecule has 47 heavy (non-hydrogen) atoms. The van der Waals surface area contributed by atoms with Gasteiger partial charge < -0.3 is 0 Å². The lowest BCUT2D eigenvalue weighted by Crippen LogP contribution is -2.30. The minimum atomic E-state index is -0.110. The molecule has 0 saturated heterocycles. The van der Waals surface area contributed by atoms with Gasteiger partial charge >= 0.3 is 0 Å². The van der Waals surface area contributed by atoms with Crippen LogP contribution in [0.3, 0.4) is 0 Å². The average Bonchev–Trinajstić information content (AvgIpc) is 3.48. The van der Waals surface area contributed by atoms with E-state index in [1.165, 1.54) is 69.6 Å². The van der Waals surface area contributed by atoms with E-state index in [4.69, 9.17) is 9.97 Å². The summed E-state index contributed by atoms with van der Waals surface area (Å²) in [7, 11) is 0. The highest BCUT2D eigenvalue weighted by Crippen LogP contribution is 2.51. The molecule has 0 bridgehead atoms. The summed E-state index contributed by atoms with van der Waals surface area (Å²) in [6.07, 6.45) is 1.99. The largest absolute Gasteiger partial charge is 0.294 e. The van der Waals surface area contributed by atoms with Gasteiger partial charge in [-0.2, -0.15) is 0 Å². The molecule has 6 aromatic carbocycles. The fourth-order valence-corrected chi connectivity index (χ4v) is 8.93. The summed E-state index contributed by atoms with van der Waals surface area (Å²) in [6.45, 7) is 4.62. The molecule has 10 rings (SSSR count). The molecule has 0 unspecified atom stereocenters. The van der Waals surface area contributed by atoms with E-state index in [0.29, 0.717) is 0 Å². The minimum absolute atomic E-state index is 0.110. The average molecular weight is 620 g/mol. The maximum Gasteiger partial charge on any atom is 0.138 e. The Morgan fingerprint density at radius 2 is 1.11 bits per heavy atom. The minimum Gasteiger partial charge on any atom is -0.294 e. The number of fused-ring (bicyclic) bond motifs is 11. The van der Waals surface area contributed by atoms with Crippen molar-refractivity contribution >= 4 is 81.1 Å². The van der Waals surface area contributed by atoms with E-state index in [-0.39, 0.29) is 5.41 Å². The van der Waals surface area contributed by atoms with Crippen LogP contribution in [0.15, 0.2) is 140 Å². The van der Waals surface area contributed by atoms with Crippen LogP contribution in [-0.4, -0.2) is 9.97 Å². The van der Waals surface area contributed by atoms with Gasteiger partial charge in [0.05, 0.1) is 27.3 Å². The first-order chi connectivity index (χ1) is 23.1. The van der Waals surface area contributed by atoms with E-state index < -0.39 is 0 Å². The van der Waals surface area contributed by atoms with Crippen molar-refractivity contribution in [3.8, 4) is 11.3 Å². The number of benzene rings is 6. The Labute approximate surface area is 276 Å². The molecule has 0 fully saturated rings. The van der Waals surface area contributed by atoms with Crippen molar-refractivity contribution < 1.29 is 0 Å². The highest BCUT2D eigenvalue weighted by atomic mass is 32.1. The van der Waals surface area contributed by atoms with Gasteiger partial charge in [0.2, 0.25) is 0 Å². The Kier molecular flexibility index (Phi) is 5.50. The summed E-state index contributed by atoms with van der Waals surface area (Å²) in [5.41, 5.74) is 7.81. The van der Waals surface area contributed by atoms with Gasteiger partial charge in [-0.15, -0.1) is 11.3 Å². The maximum absolute atomic E-state index is 5.28. The van der Waals surface area contributed by atoms with Gasteiger partial charge in [0, 0.05) is 27.3 Å². The second-order valence-corrected chi connectivity index (χ2v) is 14.1. The topological polar surface area (TPSA) is 29.0 Å². The van der Waals surface area contributed by atoms with Crippen LogP contribution in [0.1, 0.15) is 25.0 Å². The molecular weight excluding hydrogens is 591 g/mol. The number of hydrogen-bond donors (Lipinski definition) is 0. The number of para-hydroxylation sites is 2. The molecule has 222 valence electrons. The monoisotopic (exact) mass is 619 g/mol. The summed E-state index contributed by atoms with van der Waals surface area (Å²) in [4.78, 5) is 12.7. The van der Waals surface area contributed by atoms with Crippen LogP contribution in [-0.2, 0) is 5.41 Å². The summed E-state index contributed by atoms with van der Waals surface area (Å²) in [5, 5.41) is 8.93. The van der Waals surface area contributed by atoms with Gasteiger partial charge in [-0.1, -0.05) is 105 Å². The first kappa shape index (κ1) is 26.6. The van der Waals surface area contributed by atoms with Crippen LogP contribution in [0.2, 0.25) is 0 Å². The van der Waals surface area contributed by atoms with Gasteiger partial charge in [0.25, 0.3) is 0 Å². The number of anilines is 3. The predicted molar refractivity (Wildman–Crippen MR) is 200 cm³/mol. The van der Waals surface area contributed by atoms with Gasteiger partial charge in [-0.05, 0) is 85.9 Å². The van der Waals surface area contributed by atoms with Crippen LogP contribution in [0.25, 0.3) is 63.9 Å². The second kappa shape index (κ2) is 9.71. The van der Waals surface area contributed by atoms with E-state index in [1.54, 1.807) is 0 Å². The number of aromatic nitrogens is 2. The van der Waals surface area contributed by atoms with Gasteiger partial charge in [0.15, 0.2) is 0 Å². The van der Waals surface area contributed by atoms with E-state index in [2.05, 4.69) is 152 Å². The molecule has 0 radical (unpaired) electrons. The zero-order chi connectivity index (χ0) is 31.3. The molecule has 1 aliphatic heterocycles. The first-order valence-electron chi connectivity index (χ1n) is 16.1. The lowest BCUT2D eigenvalue weighted by Gasteiger charge is -2.41. The molecule has 0 amide bonds. The molecule has 4 heteroatoms. The third kappa shape index (κ3) is 3.79. The number of hydrogen-bond acceptors (Lipinski definition) is 4. The molecule has 3 aromatic heterocycles. The summed E-state index contributed by atoms with van der Waals surface area (Å²) >= 11 is 1.81. The first-order valence-corrected chi connectivity index (χ1v) is 16.9. The molecule has 3 nitrogen and oxygen atoms in total. The van der Waals surface area contributed by atoms with Crippen LogP contribution in [0.5, 0.6) is 0 Å². The van der Waals surface area contributed by atoms with E-state index >= 15 is 0 Å². The quantitative estimate of drug-likeness (QED) is 0.180. The third-order valence-corrected chi connectivity index (χ3v) is 11.2. The van der Waals surface area contributed by atoms with E-state index in [1.807, 2.05) is 17.5 Å². The lowest BCUT2D eigenvalue weighted by atomic mass is 9.73. The van der Waals surface area contributed by atoms with Crippen LogP contribution >= 0.6 is 11.3 Å². The molecule has 1 aliphatic rings. The van der Waals surface area contributed by atoms with Gasteiger partial charge in [-0.25, -0.2) is 4.98 Å². The van der Waals surface area contributed by atoms with Crippen LogP contribution in [0.4, 0.5) is 17.2 Å². The number of rotatable bonds is 2. The summed E-state index contributed by atoms with van der Waals surface area (Å²) in [5.74, 6) is 0.902. The zero-order valence-electron chi connectivity index (χ0n) is 26.0. The van der Waals surface area contributed by atoms with Crippen molar-refractivity contribution in [2.24, 2.45) is 0 Å². The molecule has 0 aliphatic carbocycles. The highest BCUT2D eigenvalue weighted by Gasteiger charge is 2.36. The number of thiophene rings is 1. The van der Waals surface area contributed by atoms with Crippen molar-refractivity contribution in [1.82, 2.24) is 9.97 Å². The third-order valence-electron chi connectivity index (χ3n) is 10.1. The highest BCUT2D eigenvalue weighted by molar-refractivity contribution is 7.25. The number of pyridine rings is 2. The SMILES string of the molecule is CC1(C)c2ccccc2N(c2cccc(-c3cnc4c(c3)sc3cc5c6ccccc6c6ccccc6c5cc34)n2)c2ccccc21. The van der Waals surface area contributed by atoms with Crippen molar-refractivity contribution in [1.29, 1.82) is 0 Å². The molecular formula is C43H29N3S. The van der Waals surface area contributed by atoms with Crippen molar-refractivity contribution in [3.05, 3.63) is 151 Å². The predicted octanol–water partition coefficient (Wildman–Crippen LogP) is 12.1. The normalized spacial score (nSPS) is 13.9. The summed E-state index contributed by atoms with van der Waals surface area (Å²) < 4.78 is 2.42. The summed E-state index contributed by atoms with van der Waals surface area (Å²) in [6, 6.07) is 48.3. The molecule has 0 atom stereocenters. The lowest BCUT2D eigenvalue weighted by molar-refractivity contribution is 0.631. The Morgan fingerprint density at radius 1 is 0.532 bits per heavy atom. The molecule has 4 heterocycles. The van der Waals surface area contributed by atoms with E-state index in [0.717, 1.165) is 22.6 Å². The van der Waals surface area contributed by atoms with Gasteiger partial charge in [-0.3, -0.25) is 9.88 Å². The zero-order valence-corrected chi connectivity index (χ0v) is 26.8. The van der Waals surface area contributed by atoms with Crippen molar-refractivity contribution in [3.63, 3.8) is 0 Å². The molecule has 9 aromatic rings. The molecule has 0 spiro atoms. The van der Waals surface area contributed by atoms with Crippen molar-refractivity contribution in [2.75, 3.05) is 4.90 Å². The molecule has 0 saturated carbocycles. The Hall–Kier alpha value is -5.58. The Balaban J connectivity index is 1.14. The fourth-order valence-electron chi connectivity index (χ4n) is 7.81. The second-order valence-electron chi connectivity index (χ2n) is 13.0. The fraction of sp³-hybridized carbons (Fsp3) is 0.0698. The van der Waals surface area contributed by atoms with Crippen molar-refractivity contribution in [2.45, 2.75) is 19.3 Å². The molecule has 0 N–H and O–H groups in total. The van der Waals surface area contributed by atoms with Crippen LogP contribution < -0.4 is 4.90 Å². The Morgan fingerprint density at radius 3 is 1.77 bits per heavy atom. The van der Waals surface area contributed by atoms with Crippen LogP contribution in [0, 0.1) is 0 Å².